The normalized spacial score (nSPS) is 11.9. The second-order valence-corrected chi connectivity index (χ2v) is 6.91. The molecule has 0 aliphatic rings. The van der Waals surface area contributed by atoms with Gasteiger partial charge in [-0.1, -0.05) is 0 Å². The Hall–Kier alpha value is -0.940. The molecule has 0 spiro atoms. The molecule has 102 valence electrons. The minimum atomic E-state index is -3.83. The fourth-order valence-electron chi connectivity index (χ4n) is 1.38. The van der Waals surface area contributed by atoms with E-state index in [0.717, 1.165) is 0 Å². The van der Waals surface area contributed by atoms with E-state index in [1.54, 1.807) is 19.9 Å². The lowest BCUT2D eigenvalue weighted by Gasteiger charge is -2.15. The van der Waals surface area contributed by atoms with Gasteiger partial charge in [-0.25, -0.2) is 8.42 Å². The Morgan fingerprint density at radius 2 is 1.61 bits per heavy atom. The van der Waals surface area contributed by atoms with E-state index < -0.39 is 9.05 Å². The Kier molecular flexibility index (Phi) is 4.87. The second kappa shape index (κ2) is 5.80. The van der Waals surface area contributed by atoms with E-state index in [4.69, 9.17) is 20.2 Å². The Morgan fingerprint density at radius 3 is 2.06 bits per heavy atom. The quantitative estimate of drug-likeness (QED) is 0.782. The van der Waals surface area contributed by atoms with Crippen molar-refractivity contribution in [3.05, 3.63) is 18.2 Å². The number of hydrogen-bond donors (Lipinski definition) is 0. The lowest BCUT2D eigenvalue weighted by Crippen LogP contribution is -2.10. The molecule has 0 aromatic heterocycles. The highest BCUT2D eigenvalue weighted by molar-refractivity contribution is 8.13. The smallest absolute Gasteiger partial charge is 0.264 e. The van der Waals surface area contributed by atoms with Crippen LogP contribution in [0.2, 0.25) is 0 Å². The predicted octanol–water partition coefficient (Wildman–Crippen LogP) is 3.19. The molecule has 1 aromatic carbocycles. The van der Waals surface area contributed by atoms with Gasteiger partial charge in [-0.05, 0) is 39.8 Å². The summed E-state index contributed by atoms with van der Waals surface area (Å²) in [6.45, 7) is 7.38. The summed E-state index contributed by atoms with van der Waals surface area (Å²) in [4.78, 5) is -0.0472. The summed E-state index contributed by atoms with van der Waals surface area (Å²) in [7, 11) is 1.52. The van der Waals surface area contributed by atoms with Gasteiger partial charge in [0.2, 0.25) is 0 Å². The Morgan fingerprint density at radius 1 is 1.06 bits per heavy atom. The number of halogens is 1. The Balaban J connectivity index is 3.20. The molecule has 0 unspecified atom stereocenters. The van der Waals surface area contributed by atoms with Crippen LogP contribution in [0.5, 0.6) is 11.5 Å². The van der Waals surface area contributed by atoms with E-state index in [9.17, 15) is 8.42 Å². The van der Waals surface area contributed by atoms with Gasteiger partial charge in [0.15, 0.2) is 0 Å². The Labute approximate surface area is 112 Å². The maximum absolute atomic E-state index is 11.4. The van der Waals surface area contributed by atoms with Crippen molar-refractivity contribution in [1.29, 1.82) is 0 Å². The molecule has 0 saturated heterocycles. The molecule has 4 nitrogen and oxygen atoms in total. The van der Waals surface area contributed by atoms with Gasteiger partial charge in [0, 0.05) is 16.7 Å². The third kappa shape index (κ3) is 4.38. The van der Waals surface area contributed by atoms with Crippen LogP contribution in [0.4, 0.5) is 0 Å². The van der Waals surface area contributed by atoms with E-state index in [1.165, 1.54) is 12.1 Å². The molecule has 0 bridgehead atoms. The minimum Gasteiger partial charge on any atom is -0.491 e. The standard InChI is InChI=1S/C12H17ClO4S/c1-8(2)16-10-5-6-12(18(13,14)15)11(7-10)17-9(3)4/h5-9H,1-4H3. The molecule has 6 heteroatoms. The molecule has 1 aromatic rings. The third-order valence-electron chi connectivity index (χ3n) is 1.91. The van der Waals surface area contributed by atoms with Gasteiger partial charge in [0.25, 0.3) is 9.05 Å². The molecular weight excluding hydrogens is 276 g/mol. The van der Waals surface area contributed by atoms with Gasteiger partial charge in [-0.3, -0.25) is 0 Å². The van der Waals surface area contributed by atoms with Crippen molar-refractivity contribution < 1.29 is 17.9 Å². The van der Waals surface area contributed by atoms with Crippen LogP contribution >= 0.6 is 10.7 Å². The minimum absolute atomic E-state index is 0.00430. The molecule has 18 heavy (non-hydrogen) atoms. The molecular formula is C12H17ClO4S. The zero-order chi connectivity index (χ0) is 13.9. The van der Waals surface area contributed by atoms with E-state index in [0.29, 0.717) is 5.75 Å². The van der Waals surface area contributed by atoms with Crippen molar-refractivity contribution in [2.24, 2.45) is 0 Å². The number of rotatable bonds is 5. The first-order valence-corrected chi connectivity index (χ1v) is 7.93. The summed E-state index contributed by atoms with van der Waals surface area (Å²) in [5.41, 5.74) is 0. The average Bonchev–Trinajstić information content (AvgIpc) is 2.13. The van der Waals surface area contributed by atoms with Gasteiger partial charge in [-0.15, -0.1) is 0 Å². The second-order valence-electron chi connectivity index (χ2n) is 4.38. The van der Waals surface area contributed by atoms with Crippen LogP contribution < -0.4 is 9.47 Å². The fraction of sp³-hybridized carbons (Fsp3) is 0.500. The molecule has 0 N–H and O–H groups in total. The zero-order valence-electron chi connectivity index (χ0n) is 10.8. The van der Waals surface area contributed by atoms with E-state index in [2.05, 4.69) is 0 Å². The monoisotopic (exact) mass is 292 g/mol. The molecule has 0 saturated carbocycles. The molecule has 0 radical (unpaired) electrons. The van der Waals surface area contributed by atoms with Crippen LogP contribution in [-0.4, -0.2) is 20.6 Å². The molecule has 0 aliphatic heterocycles. The predicted molar refractivity (Wildman–Crippen MR) is 71.0 cm³/mol. The molecule has 0 amide bonds. The van der Waals surface area contributed by atoms with E-state index >= 15 is 0 Å². The van der Waals surface area contributed by atoms with E-state index in [-0.39, 0.29) is 22.9 Å². The molecule has 0 fully saturated rings. The van der Waals surface area contributed by atoms with Crippen LogP contribution in [0.15, 0.2) is 23.1 Å². The van der Waals surface area contributed by atoms with Crippen molar-refractivity contribution in [3.63, 3.8) is 0 Å². The lowest BCUT2D eigenvalue weighted by atomic mass is 10.3. The van der Waals surface area contributed by atoms with Crippen LogP contribution in [0.3, 0.4) is 0 Å². The van der Waals surface area contributed by atoms with E-state index in [1.807, 2.05) is 13.8 Å². The van der Waals surface area contributed by atoms with Crippen LogP contribution in [0.25, 0.3) is 0 Å². The van der Waals surface area contributed by atoms with Crippen molar-refractivity contribution >= 4 is 19.7 Å². The molecule has 0 atom stereocenters. The van der Waals surface area contributed by atoms with Gasteiger partial charge in [0.1, 0.15) is 16.4 Å². The number of hydrogen-bond acceptors (Lipinski definition) is 4. The van der Waals surface area contributed by atoms with Gasteiger partial charge in [0.05, 0.1) is 12.2 Å². The van der Waals surface area contributed by atoms with Crippen molar-refractivity contribution in [2.75, 3.05) is 0 Å². The molecule has 0 heterocycles. The Bertz CT molecular complexity index is 509. The number of ether oxygens (including phenoxy) is 2. The van der Waals surface area contributed by atoms with Crippen LogP contribution in [0.1, 0.15) is 27.7 Å². The van der Waals surface area contributed by atoms with Gasteiger partial charge in [-0.2, -0.15) is 0 Å². The van der Waals surface area contributed by atoms with Crippen molar-refractivity contribution in [2.45, 2.75) is 44.8 Å². The summed E-state index contributed by atoms with van der Waals surface area (Å²) in [6, 6.07) is 4.48. The maximum Gasteiger partial charge on any atom is 0.264 e. The molecule has 0 aliphatic carbocycles. The first-order chi connectivity index (χ1) is 8.20. The highest BCUT2D eigenvalue weighted by Crippen LogP contribution is 2.32. The number of benzene rings is 1. The SMILES string of the molecule is CC(C)Oc1ccc(S(=O)(=O)Cl)c(OC(C)C)c1. The summed E-state index contributed by atoms with van der Waals surface area (Å²) < 4.78 is 33.8. The third-order valence-corrected chi connectivity index (χ3v) is 3.27. The van der Waals surface area contributed by atoms with Crippen molar-refractivity contribution in [3.8, 4) is 11.5 Å². The van der Waals surface area contributed by atoms with Gasteiger partial charge < -0.3 is 9.47 Å². The summed E-state index contributed by atoms with van der Waals surface area (Å²) >= 11 is 0. The summed E-state index contributed by atoms with van der Waals surface area (Å²) in [5.74, 6) is 0.753. The van der Waals surface area contributed by atoms with Crippen molar-refractivity contribution in [1.82, 2.24) is 0 Å². The molecule has 1 rings (SSSR count). The highest BCUT2D eigenvalue weighted by atomic mass is 35.7. The first-order valence-electron chi connectivity index (χ1n) is 5.62. The van der Waals surface area contributed by atoms with Gasteiger partial charge >= 0.3 is 0 Å². The average molecular weight is 293 g/mol. The highest BCUT2D eigenvalue weighted by Gasteiger charge is 2.19. The summed E-state index contributed by atoms with van der Waals surface area (Å²) in [6.07, 6.45) is -0.160. The van der Waals surface area contributed by atoms with Crippen LogP contribution in [-0.2, 0) is 9.05 Å². The van der Waals surface area contributed by atoms with Crippen LogP contribution in [0, 0.1) is 0 Å². The largest absolute Gasteiger partial charge is 0.491 e. The fourth-order valence-corrected chi connectivity index (χ4v) is 2.34. The first kappa shape index (κ1) is 15.1. The summed E-state index contributed by atoms with van der Waals surface area (Å²) in [5, 5.41) is 0. The lowest BCUT2D eigenvalue weighted by molar-refractivity contribution is 0.225. The zero-order valence-corrected chi connectivity index (χ0v) is 12.4. The topological polar surface area (TPSA) is 52.6 Å². The maximum atomic E-state index is 11.4.